The Labute approximate surface area is 121 Å². The zero-order chi connectivity index (χ0) is 15.7. The highest BCUT2D eigenvalue weighted by atomic mass is 16.5. The van der Waals surface area contributed by atoms with Crippen LogP contribution in [-0.2, 0) is 9.53 Å². The quantitative estimate of drug-likeness (QED) is 0.678. The van der Waals surface area contributed by atoms with Gasteiger partial charge in [0.1, 0.15) is 0 Å². The monoisotopic (exact) mass is 288 g/mol. The molecule has 0 aliphatic carbocycles. The van der Waals surface area contributed by atoms with E-state index in [1.165, 1.54) is 0 Å². The molecule has 6 heteroatoms. The van der Waals surface area contributed by atoms with Gasteiger partial charge in [-0.2, -0.15) is 0 Å². The molecule has 0 bridgehead atoms. The van der Waals surface area contributed by atoms with Gasteiger partial charge in [-0.1, -0.05) is 20.8 Å². The molecule has 0 saturated heterocycles. The lowest BCUT2D eigenvalue weighted by Crippen LogP contribution is -2.48. The molecule has 118 valence electrons. The maximum Gasteiger partial charge on any atom is 0.317 e. The van der Waals surface area contributed by atoms with Crippen LogP contribution in [0.15, 0.2) is 0 Å². The molecule has 0 heterocycles. The van der Waals surface area contributed by atoms with Gasteiger partial charge >= 0.3 is 12.0 Å². The highest BCUT2D eigenvalue weighted by Crippen LogP contribution is 2.10. The average Bonchev–Trinajstić information content (AvgIpc) is 2.38. The molecule has 0 aliphatic heterocycles. The molecule has 2 atom stereocenters. The van der Waals surface area contributed by atoms with Gasteiger partial charge in [-0.15, -0.1) is 0 Å². The first-order chi connectivity index (χ1) is 9.34. The van der Waals surface area contributed by atoms with Gasteiger partial charge in [0, 0.05) is 26.2 Å². The Kier molecular flexibility index (Phi) is 8.96. The number of methoxy groups -OCH3 is 1. The summed E-state index contributed by atoms with van der Waals surface area (Å²) in [5, 5.41) is 11.8. The van der Waals surface area contributed by atoms with Crippen molar-refractivity contribution in [2.45, 2.75) is 40.2 Å². The predicted molar refractivity (Wildman–Crippen MR) is 77.7 cm³/mol. The number of aliphatic carboxylic acids is 1. The number of carboxylic acids is 1. The topological polar surface area (TPSA) is 78.9 Å². The van der Waals surface area contributed by atoms with Crippen LogP contribution in [0, 0.1) is 11.8 Å². The number of urea groups is 1. The molecule has 0 aromatic heterocycles. The molecule has 2 unspecified atom stereocenters. The molecular formula is C14H28N2O4. The SMILES string of the molecule is CCC(C)N(CCOC)C(=O)NCC(C(=O)O)C(C)C. The first-order valence-corrected chi connectivity index (χ1v) is 7.11. The van der Waals surface area contributed by atoms with E-state index in [1.54, 1.807) is 12.0 Å². The number of hydrogen-bond acceptors (Lipinski definition) is 3. The fraction of sp³-hybridized carbons (Fsp3) is 0.857. The highest BCUT2D eigenvalue weighted by molar-refractivity contribution is 5.76. The van der Waals surface area contributed by atoms with Gasteiger partial charge in [0.2, 0.25) is 0 Å². The number of hydrogen-bond donors (Lipinski definition) is 2. The zero-order valence-electron chi connectivity index (χ0n) is 13.2. The minimum Gasteiger partial charge on any atom is -0.481 e. The number of carboxylic acid groups (broad SMARTS) is 1. The molecular weight excluding hydrogens is 260 g/mol. The average molecular weight is 288 g/mol. The fourth-order valence-corrected chi connectivity index (χ4v) is 1.84. The van der Waals surface area contributed by atoms with E-state index in [0.717, 1.165) is 6.42 Å². The second-order valence-corrected chi connectivity index (χ2v) is 5.32. The summed E-state index contributed by atoms with van der Waals surface area (Å²) >= 11 is 0. The van der Waals surface area contributed by atoms with E-state index in [2.05, 4.69) is 5.32 Å². The minimum absolute atomic E-state index is 0.0242. The van der Waals surface area contributed by atoms with Crippen LogP contribution in [0.3, 0.4) is 0 Å². The van der Waals surface area contributed by atoms with Crippen molar-refractivity contribution >= 4 is 12.0 Å². The van der Waals surface area contributed by atoms with Crippen molar-refractivity contribution in [2.75, 3.05) is 26.8 Å². The molecule has 6 nitrogen and oxygen atoms in total. The summed E-state index contributed by atoms with van der Waals surface area (Å²) < 4.78 is 5.00. The molecule has 0 aromatic rings. The van der Waals surface area contributed by atoms with Crippen molar-refractivity contribution in [1.82, 2.24) is 10.2 Å². The molecule has 0 radical (unpaired) electrons. The zero-order valence-corrected chi connectivity index (χ0v) is 13.2. The molecule has 0 spiro atoms. The van der Waals surface area contributed by atoms with Gasteiger partial charge in [0.15, 0.2) is 0 Å². The van der Waals surface area contributed by atoms with Gasteiger partial charge < -0.3 is 20.1 Å². The van der Waals surface area contributed by atoms with E-state index in [1.807, 2.05) is 27.7 Å². The number of ether oxygens (including phenoxy) is 1. The van der Waals surface area contributed by atoms with E-state index in [9.17, 15) is 9.59 Å². The van der Waals surface area contributed by atoms with Crippen molar-refractivity contribution in [3.05, 3.63) is 0 Å². The van der Waals surface area contributed by atoms with Gasteiger partial charge in [0.05, 0.1) is 12.5 Å². The largest absolute Gasteiger partial charge is 0.481 e. The first-order valence-electron chi connectivity index (χ1n) is 7.11. The van der Waals surface area contributed by atoms with Crippen LogP contribution in [0.25, 0.3) is 0 Å². The summed E-state index contributed by atoms with van der Waals surface area (Å²) in [4.78, 5) is 24.9. The van der Waals surface area contributed by atoms with Crippen molar-refractivity contribution < 1.29 is 19.4 Å². The minimum atomic E-state index is -0.882. The summed E-state index contributed by atoms with van der Waals surface area (Å²) in [5.74, 6) is -1.48. The molecule has 0 saturated carbocycles. The summed E-state index contributed by atoms with van der Waals surface area (Å²) in [6.45, 7) is 8.75. The van der Waals surface area contributed by atoms with Crippen molar-refractivity contribution in [3.63, 3.8) is 0 Å². The van der Waals surface area contributed by atoms with Gasteiger partial charge in [-0.3, -0.25) is 4.79 Å². The number of amides is 2. The lowest BCUT2D eigenvalue weighted by Gasteiger charge is -2.29. The van der Waals surface area contributed by atoms with E-state index in [0.29, 0.717) is 13.2 Å². The second-order valence-electron chi connectivity index (χ2n) is 5.32. The summed E-state index contributed by atoms with van der Waals surface area (Å²) in [7, 11) is 1.59. The van der Waals surface area contributed by atoms with Crippen LogP contribution in [-0.4, -0.2) is 54.9 Å². The van der Waals surface area contributed by atoms with Crippen LogP contribution in [0.1, 0.15) is 34.1 Å². The van der Waals surface area contributed by atoms with Crippen LogP contribution in [0.4, 0.5) is 4.79 Å². The molecule has 0 rings (SSSR count). The Morgan fingerprint density at radius 2 is 1.90 bits per heavy atom. The van der Waals surface area contributed by atoms with Crippen molar-refractivity contribution in [3.8, 4) is 0 Å². The Morgan fingerprint density at radius 1 is 1.30 bits per heavy atom. The molecule has 2 amide bonds. The Hall–Kier alpha value is -1.30. The molecule has 0 aliphatic rings. The number of carbonyl (C=O) groups is 2. The van der Waals surface area contributed by atoms with Gasteiger partial charge in [-0.25, -0.2) is 4.79 Å². The predicted octanol–water partition coefficient (Wildman–Crippen LogP) is 1.80. The van der Waals surface area contributed by atoms with Crippen molar-refractivity contribution in [2.24, 2.45) is 11.8 Å². The van der Waals surface area contributed by atoms with E-state index in [4.69, 9.17) is 9.84 Å². The van der Waals surface area contributed by atoms with Gasteiger partial charge in [0.25, 0.3) is 0 Å². The van der Waals surface area contributed by atoms with Crippen LogP contribution < -0.4 is 5.32 Å². The lowest BCUT2D eigenvalue weighted by atomic mass is 9.96. The number of carbonyl (C=O) groups excluding carboxylic acids is 1. The lowest BCUT2D eigenvalue weighted by molar-refractivity contribution is -0.142. The smallest absolute Gasteiger partial charge is 0.317 e. The highest BCUT2D eigenvalue weighted by Gasteiger charge is 2.24. The van der Waals surface area contributed by atoms with E-state index >= 15 is 0 Å². The maximum absolute atomic E-state index is 12.2. The number of rotatable bonds is 9. The fourth-order valence-electron chi connectivity index (χ4n) is 1.84. The summed E-state index contributed by atoms with van der Waals surface area (Å²) in [6.07, 6.45) is 0.837. The summed E-state index contributed by atoms with van der Waals surface area (Å²) in [6, 6.07) is -0.143. The Morgan fingerprint density at radius 3 is 2.30 bits per heavy atom. The first kappa shape index (κ1) is 18.7. The van der Waals surface area contributed by atoms with E-state index in [-0.39, 0.29) is 24.5 Å². The van der Waals surface area contributed by atoms with Crippen LogP contribution >= 0.6 is 0 Å². The molecule has 0 fully saturated rings. The summed E-state index contributed by atoms with van der Waals surface area (Å²) in [5.41, 5.74) is 0. The molecule has 2 N–H and O–H groups in total. The Balaban J connectivity index is 4.55. The molecule has 0 aromatic carbocycles. The van der Waals surface area contributed by atoms with Crippen LogP contribution in [0.2, 0.25) is 0 Å². The second kappa shape index (κ2) is 9.58. The maximum atomic E-state index is 12.2. The third kappa shape index (κ3) is 6.23. The normalized spacial score (nSPS) is 13.9. The molecule has 20 heavy (non-hydrogen) atoms. The van der Waals surface area contributed by atoms with Crippen molar-refractivity contribution in [1.29, 1.82) is 0 Å². The Bertz CT molecular complexity index is 308. The van der Waals surface area contributed by atoms with E-state index < -0.39 is 11.9 Å². The third-order valence-corrected chi connectivity index (χ3v) is 3.52. The van der Waals surface area contributed by atoms with Gasteiger partial charge in [-0.05, 0) is 19.3 Å². The standard InChI is InChI=1S/C14H28N2O4/c1-6-11(4)16(7-8-20-5)14(19)15-9-12(10(2)3)13(17)18/h10-12H,6-9H2,1-5H3,(H,15,19)(H,17,18). The van der Waals surface area contributed by atoms with Crippen LogP contribution in [0.5, 0.6) is 0 Å². The number of nitrogens with one attached hydrogen (secondary N) is 1. The number of nitrogens with zero attached hydrogens (tertiary/aromatic N) is 1. The third-order valence-electron chi connectivity index (χ3n) is 3.52.